The van der Waals surface area contributed by atoms with E-state index in [0.29, 0.717) is 17.9 Å². The number of hydrogen-bond donors (Lipinski definition) is 2. The number of carbonyl (C=O) groups excluding carboxylic acids is 2. The van der Waals surface area contributed by atoms with Crippen molar-refractivity contribution in [2.24, 2.45) is 0 Å². The summed E-state index contributed by atoms with van der Waals surface area (Å²) >= 11 is 0. The smallest absolute Gasteiger partial charge is 0.258 e. The van der Waals surface area contributed by atoms with Crippen molar-refractivity contribution in [3.05, 3.63) is 102 Å². The predicted octanol–water partition coefficient (Wildman–Crippen LogP) is 4.13. The Labute approximate surface area is 183 Å². The molecule has 0 unspecified atom stereocenters. The molecule has 0 bridgehead atoms. The monoisotopic (exact) mass is 416 g/mol. The van der Waals surface area contributed by atoms with Gasteiger partial charge in [-0.25, -0.2) is 0 Å². The summed E-state index contributed by atoms with van der Waals surface area (Å²) in [4.78, 5) is 24.6. The van der Waals surface area contributed by atoms with Crippen LogP contribution in [0.3, 0.4) is 0 Å². The van der Waals surface area contributed by atoms with Crippen molar-refractivity contribution < 1.29 is 14.3 Å². The molecule has 3 aromatic carbocycles. The molecule has 0 radical (unpaired) electrons. The molecule has 5 nitrogen and oxygen atoms in total. The van der Waals surface area contributed by atoms with Crippen molar-refractivity contribution in [3.8, 4) is 5.75 Å². The van der Waals surface area contributed by atoms with Crippen LogP contribution in [-0.4, -0.2) is 24.5 Å². The average Bonchev–Trinajstić information content (AvgIpc) is 2.81. The van der Waals surface area contributed by atoms with E-state index in [1.807, 2.05) is 55.5 Å². The summed E-state index contributed by atoms with van der Waals surface area (Å²) in [5.74, 6) is 0.118. The van der Waals surface area contributed by atoms with Crippen LogP contribution in [0.2, 0.25) is 0 Å². The van der Waals surface area contributed by atoms with Gasteiger partial charge in [-0.15, -0.1) is 0 Å². The second-order valence-electron chi connectivity index (χ2n) is 7.48. The van der Waals surface area contributed by atoms with Crippen LogP contribution in [0, 0.1) is 0 Å². The van der Waals surface area contributed by atoms with Gasteiger partial charge in [0.25, 0.3) is 11.8 Å². The predicted molar refractivity (Wildman–Crippen MR) is 122 cm³/mol. The quantitative estimate of drug-likeness (QED) is 0.522. The molecule has 3 rings (SSSR count). The third-order valence-corrected chi connectivity index (χ3v) is 4.88. The van der Waals surface area contributed by atoms with Gasteiger partial charge in [-0.05, 0) is 49.1 Å². The summed E-state index contributed by atoms with van der Waals surface area (Å²) in [6.07, 6.45) is 1.76. The van der Waals surface area contributed by atoms with Crippen molar-refractivity contribution in [1.29, 1.82) is 0 Å². The zero-order chi connectivity index (χ0) is 21.9. The van der Waals surface area contributed by atoms with Crippen LogP contribution in [0.15, 0.2) is 84.9 Å². The van der Waals surface area contributed by atoms with E-state index in [-0.39, 0.29) is 24.5 Å². The molecule has 5 heteroatoms. The Morgan fingerprint density at radius 1 is 0.871 bits per heavy atom. The molecular weight excluding hydrogens is 388 g/mol. The number of carbonyl (C=O) groups is 2. The van der Waals surface area contributed by atoms with E-state index in [9.17, 15) is 9.59 Å². The van der Waals surface area contributed by atoms with Gasteiger partial charge in [-0.3, -0.25) is 9.59 Å². The van der Waals surface area contributed by atoms with Crippen molar-refractivity contribution in [2.45, 2.75) is 32.4 Å². The molecule has 0 aromatic heterocycles. The zero-order valence-electron chi connectivity index (χ0n) is 17.7. The van der Waals surface area contributed by atoms with Gasteiger partial charge in [-0.2, -0.15) is 0 Å². The number of ether oxygens (including phenoxy) is 1. The van der Waals surface area contributed by atoms with Gasteiger partial charge >= 0.3 is 0 Å². The molecule has 0 saturated carbocycles. The third-order valence-electron chi connectivity index (χ3n) is 4.88. The number of benzene rings is 3. The lowest BCUT2D eigenvalue weighted by Crippen LogP contribution is -2.36. The van der Waals surface area contributed by atoms with E-state index in [1.54, 1.807) is 24.3 Å². The molecule has 160 valence electrons. The van der Waals surface area contributed by atoms with Crippen LogP contribution < -0.4 is 15.4 Å². The Hall–Kier alpha value is -3.60. The molecule has 0 aliphatic carbocycles. The van der Waals surface area contributed by atoms with E-state index < -0.39 is 0 Å². The first-order chi connectivity index (χ1) is 15.1. The largest absolute Gasteiger partial charge is 0.484 e. The molecule has 0 fully saturated rings. The molecule has 0 saturated heterocycles. The van der Waals surface area contributed by atoms with E-state index in [2.05, 4.69) is 22.8 Å². The van der Waals surface area contributed by atoms with Gasteiger partial charge in [0.05, 0.1) is 0 Å². The summed E-state index contributed by atoms with van der Waals surface area (Å²) < 4.78 is 5.59. The number of nitrogens with one attached hydrogen (secondary N) is 2. The van der Waals surface area contributed by atoms with Crippen LogP contribution in [0.1, 0.15) is 34.8 Å². The van der Waals surface area contributed by atoms with Gasteiger partial charge < -0.3 is 15.4 Å². The molecule has 31 heavy (non-hydrogen) atoms. The number of hydrogen-bond acceptors (Lipinski definition) is 3. The number of aryl methyl sites for hydroxylation is 1. The summed E-state index contributed by atoms with van der Waals surface area (Å²) in [6.45, 7) is 2.34. The fraction of sp³-hybridized carbons (Fsp3) is 0.231. The minimum absolute atomic E-state index is 0.0476. The second kappa shape index (κ2) is 11.6. The highest BCUT2D eigenvalue weighted by molar-refractivity contribution is 5.94. The minimum atomic E-state index is -0.187. The number of rotatable bonds is 10. The Kier molecular flexibility index (Phi) is 8.23. The molecule has 2 amide bonds. The van der Waals surface area contributed by atoms with Gasteiger partial charge in [0.2, 0.25) is 0 Å². The topological polar surface area (TPSA) is 67.4 Å². The highest BCUT2D eigenvalue weighted by Gasteiger charge is 2.10. The van der Waals surface area contributed by atoms with Crippen molar-refractivity contribution in [3.63, 3.8) is 0 Å². The Balaban J connectivity index is 1.42. The molecule has 0 spiro atoms. The minimum Gasteiger partial charge on any atom is -0.484 e. The Bertz CT molecular complexity index is 974. The first kappa shape index (κ1) is 22.1. The van der Waals surface area contributed by atoms with Crippen LogP contribution in [0.25, 0.3) is 0 Å². The first-order valence-corrected chi connectivity index (χ1v) is 10.5. The molecule has 3 aromatic rings. The lowest BCUT2D eigenvalue weighted by molar-refractivity contribution is -0.123. The highest BCUT2D eigenvalue weighted by Crippen LogP contribution is 2.13. The summed E-state index contributed by atoms with van der Waals surface area (Å²) in [7, 11) is 0. The van der Waals surface area contributed by atoms with Crippen molar-refractivity contribution in [1.82, 2.24) is 10.6 Å². The summed E-state index contributed by atoms with van der Waals surface area (Å²) in [5.41, 5.74) is 2.77. The summed E-state index contributed by atoms with van der Waals surface area (Å²) in [6, 6.07) is 26.8. The number of amides is 2. The molecule has 0 aliphatic heterocycles. The van der Waals surface area contributed by atoms with Gasteiger partial charge in [0, 0.05) is 18.2 Å². The maximum Gasteiger partial charge on any atom is 0.258 e. The fourth-order valence-corrected chi connectivity index (χ4v) is 3.17. The Morgan fingerprint density at radius 3 is 2.26 bits per heavy atom. The van der Waals surface area contributed by atoms with E-state index >= 15 is 0 Å². The van der Waals surface area contributed by atoms with Crippen LogP contribution in [0.4, 0.5) is 0 Å². The van der Waals surface area contributed by atoms with Gasteiger partial charge in [-0.1, -0.05) is 66.7 Å². The maximum atomic E-state index is 12.4. The zero-order valence-corrected chi connectivity index (χ0v) is 17.7. The maximum absolute atomic E-state index is 12.4. The molecule has 0 heterocycles. The van der Waals surface area contributed by atoms with E-state index in [0.717, 1.165) is 18.4 Å². The average molecular weight is 417 g/mol. The highest BCUT2D eigenvalue weighted by atomic mass is 16.5. The molecule has 1 atom stereocenters. The first-order valence-electron chi connectivity index (χ1n) is 10.5. The SMILES string of the molecule is C[C@H](CCc1ccccc1)NC(=O)COc1cccc(C(=O)NCc2ccccc2)c1. The normalized spacial score (nSPS) is 11.4. The Morgan fingerprint density at radius 2 is 1.55 bits per heavy atom. The van der Waals surface area contributed by atoms with E-state index in [1.165, 1.54) is 5.56 Å². The van der Waals surface area contributed by atoms with Crippen LogP contribution >= 0.6 is 0 Å². The standard InChI is InChI=1S/C26H28N2O3/c1-20(15-16-21-9-4-2-5-10-21)28-25(29)19-31-24-14-8-13-23(17-24)26(30)27-18-22-11-6-3-7-12-22/h2-14,17,20H,15-16,18-19H2,1H3,(H,27,30)(H,28,29)/t20-/m1/s1. The molecule has 0 aliphatic rings. The molecule has 2 N–H and O–H groups in total. The van der Waals surface area contributed by atoms with Crippen molar-refractivity contribution >= 4 is 11.8 Å². The second-order valence-corrected chi connectivity index (χ2v) is 7.48. The lowest BCUT2D eigenvalue weighted by atomic mass is 10.1. The van der Waals surface area contributed by atoms with Crippen LogP contribution in [-0.2, 0) is 17.8 Å². The van der Waals surface area contributed by atoms with Gasteiger partial charge in [0.15, 0.2) is 6.61 Å². The van der Waals surface area contributed by atoms with Crippen molar-refractivity contribution in [2.75, 3.05) is 6.61 Å². The van der Waals surface area contributed by atoms with Crippen LogP contribution in [0.5, 0.6) is 5.75 Å². The summed E-state index contributed by atoms with van der Waals surface area (Å²) in [5, 5.41) is 5.84. The molecular formula is C26H28N2O3. The van der Waals surface area contributed by atoms with E-state index in [4.69, 9.17) is 4.74 Å². The third kappa shape index (κ3) is 7.63. The lowest BCUT2D eigenvalue weighted by Gasteiger charge is -2.14. The van der Waals surface area contributed by atoms with Gasteiger partial charge in [0.1, 0.15) is 5.75 Å². The fourth-order valence-electron chi connectivity index (χ4n) is 3.17.